The Hall–Kier alpha value is -0.160. The minimum Gasteiger partial charge on any atom is -0.396 e. The summed E-state index contributed by atoms with van der Waals surface area (Å²) in [7, 11) is 2.14. The first kappa shape index (κ1) is 11.3. The van der Waals surface area contributed by atoms with Gasteiger partial charge in [0, 0.05) is 25.8 Å². The minimum absolute atomic E-state index is 0.00700. The van der Waals surface area contributed by atoms with E-state index in [1.165, 1.54) is 0 Å². The van der Waals surface area contributed by atoms with Crippen LogP contribution in [0, 0.1) is 5.41 Å². The topological polar surface area (TPSA) is 41.9 Å². The van der Waals surface area contributed by atoms with E-state index in [1.807, 2.05) is 0 Å². The van der Waals surface area contributed by atoms with Gasteiger partial charge >= 0.3 is 0 Å². The Morgan fingerprint density at radius 2 is 1.93 bits per heavy atom. The summed E-state index contributed by atoms with van der Waals surface area (Å²) in [5.41, 5.74) is 0.00700. The van der Waals surface area contributed by atoms with Gasteiger partial charge in [-0.05, 0) is 19.9 Å². The first-order valence-electron chi connectivity index (χ1n) is 5.72. The number of nitrogens with zero attached hydrogens (tertiary/aromatic N) is 1. The predicted molar refractivity (Wildman–Crippen MR) is 56.8 cm³/mol. The largest absolute Gasteiger partial charge is 0.396 e. The summed E-state index contributed by atoms with van der Waals surface area (Å²) in [6, 6.07) is 0.614. The molecule has 2 fully saturated rings. The van der Waals surface area contributed by atoms with Crippen LogP contribution in [0.5, 0.6) is 0 Å². The van der Waals surface area contributed by atoms with Crippen LogP contribution in [0.25, 0.3) is 0 Å². The minimum atomic E-state index is 0.00700. The molecule has 0 amide bonds. The zero-order valence-electron chi connectivity index (χ0n) is 9.45. The summed E-state index contributed by atoms with van der Waals surface area (Å²) >= 11 is 0. The van der Waals surface area contributed by atoms with Crippen molar-refractivity contribution in [3.05, 3.63) is 0 Å². The van der Waals surface area contributed by atoms with Gasteiger partial charge in [0.2, 0.25) is 0 Å². The van der Waals surface area contributed by atoms with E-state index in [-0.39, 0.29) is 12.0 Å². The number of hydrogen-bond acceptors (Lipinski definition) is 4. The van der Waals surface area contributed by atoms with Crippen molar-refractivity contribution in [2.75, 3.05) is 46.6 Å². The Morgan fingerprint density at radius 3 is 2.40 bits per heavy atom. The van der Waals surface area contributed by atoms with Gasteiger partial charge in [-0.3, -0.25) is 0 Å². The smallest absolute Gasteiger partial charge is 0.0579 e. The van der Waals surface area contributed by atoms with Gasteiger partial charge in [-0.15, -0.1) is 0 Å². The third-order valence-electron chi connectivity index (χ3n) is 3.55. The van der Waals surface area contributed by atoms with Gasteiger partial charge in [0.25, 0.3) is 0 Å². The van der Waals surface area contributed by atoms with E-state index >= 15 is 0 Å². The molecule has 0 saturated carbocycles. The lowest BCUT2D eigenvalue weighted by Crippen LogP contribution is -2.54. The summed E-state index contributed by atoms with van der Waals surface area (Å²) in [5, 5.41) is 9.35. The Balaban J connectivity index is 1.82. The second-order valence-corrected chi connectivity index (χ2v) is 4.91. The van der Waals surface area contributed by atoms with Crippen molar-refractivity contribution in [3.63, 3.8) is 0 Å². The fourth-order valence-corrected chi connectivity index (χ4v) is 2.41. The molecule has 4 nitrogen and oxygen atoms in total. The first-order valence-corrected chi connectivity index (χ1v) is 5.72. The van der Waals surface area contributed by atoms with Gasteiger partial charge in [-0.1, -0.05) is 0 Å². The first-order chi connectivity index (χ1) is 7.26. The standard InChI is InChI=1S/C11H21NO3/c1-12(10-2-4-14-5-3-10)6-11(7-13)8-15-9-11/h10,13H,2-9H2,1H3. The van der Waals surface area contributed by atoms with E-state index < -0.39 is 0 Å². The molecule has 0 radical (unpaired) electrons. The second kappa shape index (κ2) is 4.78. The van der Waals surface area contributed by atoms with E-state index in [1.54, 1.807) is 0 Å². The maximum atomic E-state index is 9.35. The van der Waals surface area contributed by atoms with Gasteiger partial charge in [-0.25, -0.2) is 0 Å². The number of aliphatic hydroxyl groups is 1. The van der Waals surface area contributed by atoms with Crippen molar-refractivity contribution in [1.82, 2.24) is 4.90 Å². The molecule has 2 heterocycles. The van der Waals surface area contributed by atoms with Crippen LogP contribution in [0.2, 0.25) is 0 Å². The van der Waals surface area contributed by atoms with E-state index in [0.29, 0.717) is 19.3 Å². The highest BCUT2D eigenvalue weighted by atomic mass is 16.5. The van der Waals surface area contributed by atoms with Crippen LogP contribution < -0.4 is 0 Å². The summed E-state index contributed by atoms with van der Waals surface area (Å²) < 4.78 is 10.6. The summed E-state index contributed by atoms with van der Waals surface area (Å²) in [5.74, 6) is 0. The monoisotopic (exact) mass is 215 g/mol. The Morgan fingerprint density at radius 1 is 1.27 bits per heavy atom. The molecule has 0 aromatic rings. The summed E-state index contributed by atoms with van der Waals surface area (Å²) in [6.45, 7) is 4.33. The lowest BCUT2D eigenvalue weighted by molar-refractivity contribution is -0.151. The average Bonchev–Trinajstić information content (AvgIpc) is 2.24. The molecule has 0 aromatic carbocycles. The van der Waals surface area contributed by atoms with E-state index in [0.717, 1.165) is 32.6 Å². The maximum absolute atomic E-state index is 9.35. The molecule has 0 unspecified atom stereocenters. The highest BCUT2D eigenvalue weighted by molar-refractivity contribution is 4.89. The highest BCUT2D eigenvalue weighted by Gasteiger charge is 2.40. The molecule has 4 heteroatoms. The van der Waals surface area contributed by atoms with Gasteiger partial charge < -0.3 is 19.5 Å². The number of hydrogen-bond donors (Lipinski definition) is 1. The molecule has 88 valence electrons. The molecule has 2 aliphatic rings. The van der Waals surface area contributed by atoms with Crippen molar-refractivity contribution in [1.29, 1.82) is 0 Å². The molecule has 1 N–H and O–H groups in total. The third kappa shape index (κ3) is 2.50. The zero-order valence-corrected chi connectivity index (χ0v) is 9.45. The van der Waals surface area contributed by atoms with Crippen LogP contribution >= 0.6 is 0 Å². The molecular weight excluding hydrogens is 194 g/mol. The van der Waals surface area contributed by atoms with Gasteiger partial charge in [0.1, 0.15) is 0 Å². The van der Waals surface area contributed by atoms with Gasteiger partial charge in [0.05, 0.1) is 25.2 Å². The van der Waals surface area contributed by atoms with Crippen molar-refractivity contribution >= 4 is 0 Å². The third-order valence-corrected chi connectivity index (χ3v) is 3.55. The fourth-order valence-electron chi connectivity index (χ4n) is 2.41. The molecule has 0 bridgehead atoms. The van der Waals surface area contributed by atoms with Crippen molar-refractivity contribution in [2.45, 2.75) is 18.9 Å². The van der Waals surface area contributed by atoms with E-state index in [9.17, 15) is 5.11 Å². The zero-order chi connectivity index (χ0) is 10.7. The second-order valence-electron chi connectivity index (χ2n) is 4.91. The van der Waals surface area contributed by atoms with Crippen LogP contribution in [-0.2, 0) is 9.47 Å². The lowest BCUT2D eigenvalue weighted by atomic mass is 9.86. The number of aliphatic hydroxyl groups excluding tert-OH is 1. The molecule has 15 heavy (non-hydrogen) atoms. The van der Waals surface area contributed by atoms with Gasteiger partial charge in [0.15, 0.2) is 0 Å². The van der Waals surface area contributed by atoms with Crippen molar-refractivity contribution in [2.24, 2.45) is 5.41 Å². The van der Waals surface area contributed by atoms with Crippen LogP contribution in [0.15, 0.2) is 0 Å². The molecule has 2 saturated heterocycles. The molecule has 0 aromatic heterocycles. The lowest BCUT2D eigenvalue weighted by Gasteiger charge is -2.44. The molecular formula is C11H21NO3. The average molecular weight is 215 g/mol. The van der Waals surface area contributed by atoms with Crippen LogP contribution in [0.3, 0.4) is 0 Å². The molecule has 0 atom stereocenters. The quantitative estimate of drug-likeness (QED) is 0.722. The molecule has 2 rings (SSSR count). The van der Waals surface area contributed by atoms with Crippen molar-refractivity contribution < 1.29 is 14.6 Å². The molecule has 0 aliphatic carbocycles. The van der Waals surface area contributed by atoms with E-state index in [2.05, 4.69) is 11.9 Å². The fraction of sp³-hybridized carbons (Fsp3) is 1.00. The normalized spacial score (nSPS) is 26.6. The van der Waals surface area contributed by atoms with Crippen LogP contribution in [0.4, 0.5) is 0 Å². The number of ether oxygens (including phenoxy) is 2. The summed E-state index contributed by atoms with van der Waals surface area (Å²) in [4.78, 5) is 2.36. The molecule has 0 spiro atoms. The maximum Gasteiger partial charge on any atom is 0.0579 e. The highest BCUT2D eigenvalue weighted by Crippen LogP contribution is 2.29. The Bertz CT molecular complexity index is 194. The number of rotatable bonds is 4. The SMILES string of the molecule is CN(CC1(CO)COC1)C1CCOCC1. The Labute approximate surface area is 91.2 Å². The Kier molecular flexibility index (Phi) is 3.61. The predicted octanol–water partition coefficient (Wildman–Crippen LogP) is 0.106. The van der Waals surface area contributed by atoms with E-state index in [4.69, 9.17) is 9.47 Å². The molecule has 2 aliphatic heterocycles. The van der Waals surface area contributed by atoms with Crippen LogP contribution in [-0.4, -0.2) is 62.7 Å². The summed E-state index contributed by atoms with van der Waals surface area (Å²) in [6.07, 6.45) is 2.22. The van der Waals surface area contributed by atoms with Crippen molar-refractivity contribution in [3.8, 4) is 0 Å². The van der Waals surface area contributed by atoms with Crippen LogP contribution in [0.1, 0.15) is 12.8 Å². The van der Waals surface area contributed by atoms with Gasteiger partial charge in [-0.2, -0.15) is 0 Å².